The van der Waals surface area contributed by atoms with E-state index in [4.69, 9.17) is 22.1 Å². The van der Waals surface area contributed by atoms with Crippen LogP contribution in [0.5, 0.6) is 0 Å². The zero-order valence-corrected chi connectivity index (χ0v) is 18.4. The van der Waals surface area contributed by atoms with Crippen LogP contribution in [0.15, 0.2) is 53.4 Å². The summed E-state index contributed by atoms with van der Waals surface area (Å²) in [7, 11) is -3.90. The van der Waals surface area contributed by atoms with E-state index in [-0.39, 0.29) is 11.4 Å². The number of hydrogen-bond donors (Lipinski definition) is 2. The Balaban J connectivity index is 2.03. The number of nitrogens with one attached hydrogen (secondary N) is 1. The number of alkyl carbamates (subject to hydrolysis) is 1. The topological polar surface area (TPSA) is 98.5 Å². The summed E-state index contributed by atoms with van der Waals surface area (Å²) in [5.74, 6) is -1.12. The maximum atomic E-state index is 13.4. The van der Waals surface area contributed by atoms with Crippen molar-refractivity contribution in [1.29, 1.82) is 0 Å². The first-order valence-electron chi connectivity index (χ1n) is 9.37. The molecule has 3 unspecified atom stereocenters. The average molecular weight is 455 g/mol. The number of carbonyl (C=O) groups excluding carboxylic acids is 1. The molecule has 0 bridgehead atoms. The zero-order chi connectivity index (χ0) is 22.3. The third-order valence-corrected chi connectivity index (χ3v) is 7.58. The molecular weight excluding hydrogens is 431 g/mol. The highest BCUT2D eigenvalue weighted by molar-refractivity contribution is 7.92. The van der Waals surface area contributed by atoms with Gasteiger partial charge in [-0.15, -0.1) is 0 Å². The van der Waals surface area contributed by atoms with E-state index in [0.717, 1.165) is 0 Å². The molecule has 6 nitrogen and oxygen atoms in total. The summed E-state index contributed by atoms with van der Waals surface area (Å²) in [4.78, 5) is 12.6. The second kappa shape index (κ2) is 7.83. The van der Waals surface area contributed by atoms with Gasteiger partial charge in [-0.1, -0.05) is 23.7 Å². The molecule has 2 aromatic carbocycles. The van der Waals surface area contributed by atoms with Gasteiger partial charge in [0.2, 0.25) is 0 Å². The van der Waals surface area contributed by atoms with Crippen LogP contribution in [0.3, 0.4) is 0 Å². The van der Waals surface area contributed by atoms with Crippen LogP contribution < -0.4 is 11.1 Å². The minimum Gasteiger partial charge on any atom is -0.444 e. The number of sulfone groups is 1. The van der Waals surface area contributed by atoms with Crippen molar-refractivity contribution in [3.63, 3.8) is 0 Å². The average Bonchev–Trinajstić information content (AvgIpc) is 3.30. The van der Waals surface area contributed by atoms with Crippen LogP contribution in [0.2, 0.25) is 5.02 Å². The number of carbonyl (C=O) groups is 1. The van der Waals surface area contributed by atoms with Crippen molar-refractivity contribution in [3.8, 4) is 0 Å². The molecule has 0 heterocycles. The van der Waals surface area contributed by atoms with E-state index in [1.165, 1.54) is 48.5 Å². The summed E-state index contributed by atoms with van der Waals surface area (Å²) in [6, 6.07) is 11.3. The second-order valence-corrected chi connectivity index (χ2v) is 10.8. The van der Waals surface area contributed by atoms with Crippen LogP contribution in [0.25, 0.3) is 0 Å². The van der Waals surface area contributed by atoms with Crippen molar-refractivity contribution < 1.29 is 22.3 Å². The van der Waals surface area contributed by atoms with E-state index in [0.29, 0.717) is 10.6 Å². The highest BCUT2D eigenvalue weighted by Crippen LogP contribution is 2.57. The molecule has 0 aliphatic heterocycles. The van der Waals surface area contributed by atoms with Crippen LogP contribution in [-0.2, 0) is 14.6 Å². The van der Waals surface area contributed by atoms with E-state index in [1.807, 2.05) is 0 Å². The van der Waals surface area contributed by atoms with Gasteiger partial charge in [-0.2, -0.15) is 0 Å². The quantitative estimate of drug-likeness (QED) is 0.718. The van der Waals surface area contributed by atoms with Gasteiger partial charge in [-0.05, 0) is 62.7 Å². The van der Waals surface area contributed by atoms with Crippen LogP contribution in [-0.4, -0.2) is 37.4 Å². The van der Waals surface area contributed by atoms with Crippen molar-refractivity contribution in [2.24, 2.45) is 5.73 Å². The number of rotatable bonds is 5. The summed E-state index contributed by atoms with van der Waals surface area (Å²) < 4.78 is 45.6. The molecule has 0 saturated heterocycles. The van der Waals surface area contributed by atoms with Gasteiger partial charge in [0, 0.05) is 17.5 Å². The highest BCUT2D eigenvalue weighted by Gasteiger charge is 2.71. The fraction of sp³-hybridized carbons (Fsp3) is 0.381. The number of ether oxygens (including phenoxy) is 1. The summed E-state index contributed by atoms with van der Waals surface area (Å²) in [5, 5.41) is 2.04. The maximum Gasteiger partial charge on any atom is 0.408 e. The second-order valence-electron chi connectivity index (χ2n) is 8.32. The minimum atomic E-state index is -3.90. The van der Waals surface area contributed by atoms with Gasteiger partial charge in [0.15, 0.2) is 9.84 Å². The molecule has 3 N–H and O–H groups in total. The van der Waals surface area contributed by atoms with Gasteiger partial charge < -0.3 is 15.8 Å². The molecule has 1 aliphatic rings. The third kappa shape index (κ3) is 4.31. The van der Waals surface area contributed by atoms with Gasteiger partial charge >= 0.3 is 6.09 Å². The molecule has 0 radical (unpaired) electrons. The predicted molar refractivity (Wildman–Crippen MR) is 113 cm³/mol. The van der Waals surface area contributed by atoms with Gasteiger partial charge in [-0.3, -0.25) is 0 Å². The largest absolute Gasteiger partial charge is 0.444 e. The Morgan fingerprint density at radius 2 is 1.73 bits per heavy atom. The van der Waals surface area contributed by atoms with Gasteiger partial charge in [0.1, 0.15) is 16.7 Å². The van der Waals surface area contributed by atoms with Crippen molar-refractivity contribution in [2.45, 2.75) is 48.0 Å². The zero-order valence-electron chi connectivity index (χ0n) is 16.9. The lowest BCUT2D eigenvalue weighted by molar-refractivity contribution is 0.0497. The number of nitrogens with two attached hydrogens (primary N) is 1. The van der Waals surface area contributed by atoms with E-state index >= 15 is 0 Å². The van der Waals surface area contributed by atoms with Gasteiger partial charge in [-0.25, -0.2) is 17.6 Å². The lowest BCUT2D eigenvalue weighted by atomic mass is 10.1. The molecule has 2 aromatic rings. The van der Waals surface area contributed by atoms with Gasteiger partial charge in [0.05, 0.1) is 10.4 Å². The maximum absolute atomic E-state index is 13.4. The molecule has 162 valence electrons. The lowest BCUT2D eigenvalue weighted by Gasteiger charge is -2.24. The molecule has 1 fully saturated rings. The lowest BCUT2D eigenvalue weighted by Crippen LogP contribution is -2.49. The predicted octanol–water partition coefficient (Wildman–Crippen LogP) is 3.64. The Bertz CT molecular complexity index is 1040. The molecule has 1 aliphatic carbocycles. The highest BCUT2D eigenvalue weighted by atomic mass is 35.5. The Morgan fingerprint density at radius 3 is 2.23 bits per heavy atom. The van der Waals surface area contributed by atoms with Crippen molar-refractivity contribution in [3.05, 3.63) is 64.9 Å². The Kier molecular flexibility index (Phi) is 5.88. The summed E-state index contributed by atoms with van der Waals surface area (Å²) in [5.41, 5.74) is 4.49. The van der Waals surface area contributed by atoms with Crippen molar-refractivity contribution in [1.82, 2.24) is 5.32 Å². The molecule has 1 saturated carbocycles. The third-order valence-electron chi connectivity index (χ3n) is 5.03. The number of hydrogen-bond acceptors (Lipinski definition) is 5. The first-order chi connectivity index (χ1) is 13.9. The molecule has 3 atom stereocenters. The van der Waals surface area contributed by atoms with Gasteiger partial charge in [0.25, 0.3) is 0 Å². The summed E-state index contributed by atoms with van der Waals surface area (Å²) in [6.45, 7) is 4.96. The molecule has 0 aromatic heterocycles. The van der Waals surface area contributed by atoms with E-state index in [9.17, 15) is 17.6 Å². The standard InChI is InChI=1S/C21H24ClFN2O4S/c1-20(2,3)29-19(26)25-21(12-24)17(13-4-8-15(23)9-5-13)18(21)30(27,28)16-10-6-14(22)7-11-16/h4-11,17-18H,12,24H2,1-3H3,(H,25,26). The molecule has 9 heteroatoms. The Morgan fingerprint density at radius 1 is 1.17 bits per heavy atom. The number of amides is 1. The molecule has 1 amide bonds. The summed E-state index contributed by atoms with van der Waals surface area (Å²) >= 11 is 5.89. The first kappa shape index (κ1) is 22.5. The van der Waals surface area contributed by atoms with Crippen LogP contribution in [0.4, 0.5) is 9.18 Å². The Hall–Kier alpha value is -2.16. The minimum absolute atomic E-state index is 0.0605. The van der Waals surface area contributed by atoms with Crippen LogP contribution in [0, 0.1) is 5.82 Å². The van der Waals surface area contributed by atoms with Crippen LogP contribution >= 0.6 is 11.6 Å². The monoisotopic (exact) mass is 454 g/mol. The fourth-order valence-electron chi connectivity index (χ4n) is 3.71. The Labute approximate surface area is 180 Å². The number of halogens is 2. The number of benzene rings is 2. The normalized spacial score (nSPS) is 23.7. The molecule has 0 spiro atoms. The summed E-state index contributed by atoms with van der Waals surface area (Å²) in [6.07, 6.45) is -0.770. The molecular formula is C21H24ClFN2O4S. The van der Waals surface area contributed by atoms with Crippen molar-refractivity contribution in [2.75, 3.05) is 6.54 Å². The first-order valence-corrected chi connectivity index (χ1v) is 11.3. The SMILES string of the molecule is CC(C)(C)OC(=O)NC1(CN)C(c2ccc(F)cc2)C1S(=O)(=O)c1ccc(Cl)cc1. The molecule has 3 rings (SSSR count). The smallest absolute Gasteiger partial charge is 0.408 e. The van der Waals surface area contributed by atoms with E-state index in [1.54, 1.807) is 20.8 Å². The van der Waals surface area contributed by atoms with E-state index in [2.05, 4.69) is 5.32 Å². The molecule has 30 heavy (non-hydrogen) atoms. The fourth-order valence-corrected chi connectivity index (χ4v) is 6.18. The van der Waals surface area contributed by atoms with Crippen LogP contribution in [0.1, 0.15) is 32.3 Å². The van der Waals surface area contributed by atoms with Crippen molar-refractivity contribution >= 4 is 27.5 Å². The van der Waals surface area contributed by atoms with E-state index < -0.39 is 44.1 Å².